The fourth-order valence-corrected chi connectivity index (χ4v) is 2.06. The average molecular weight is 273 g/mol. The maximum absolute atomic E-state index is 13.8. The van der Waals surface area contributed by atoms with Gasteiger partial charge in [-0.25, -0.2) is 9.37 Å². The number of anilines is 3. The minimum absolute atomic E-state index is 0.124. The fourth-order valence-electron chi connectivity index (χ4n) is 1.35. The second-order valence-electron chi connectivity index (χ2n) is 3.34. The molecular formula is C10H10ClFN4S. The van der Waals surface area contributed by atoms with Crippen molar-refractivity contribution in [2.75, 3.05) is 16.8 Å². The highest BCUT2D eigenvalue weighted by atomic mass is 35.5. The zero-order valence-electron chi connectivity index (χ0n) is 8.71. The zero-order chi connectivity index (χ0) is 12.4. The van der Waals surface area contributed by atoms with Crippen LogP contribution in [-0.4, -0.2) is 4.98 Å². The summed E-state index contributed by atoms with van der Waals surface area (Å²) in [6.45, 7) is 0.388. The molecule has 2 aromatic rings. The highest BCUT2D eigenvalue weighted by molar-refractivity contribution is 7.09. The molecule has 0 fully saturated rings. The first-order valence-corrected chi connectivity index (χ1v) is 6.00. The molecule has 1 heterocycles. The molecule has 0 saturated carbocycles. The van der Waals surface area contributed by atoms with Crippen LogP contribution < -0.4 is 16.8 Å². The Labute approximate surface area is 106 Å². The fraction of sp³-hybridized carbons (Fsp3) is 0.100. The second-order valence-corrected chi connectivity index (χ2v) is 4.69. The van der Waals surface area contributed by atoms with Crippen molar-refractivity contribution in [2.45, 2.75) is 6.54 Å². The SMILES string of the molecule is Nc1cc(N)c(NCc2nccs2)c(F)c1Cl. The molecule has 0 spiro atoms. The third-order valence-electron chi connectivity index (χ3n) is 2.17. The van der Waals surface area contributed by atoms with Gasteiger partial charge in [-0.3, -0.25) is 0 Å². The van der Waals surface area contributed by atoms with Gasteiger partial charge < -0.3 is 16.8 Å². The van der Waals surface area contributed by atoms with Crippen LogP contribution in [0.15, 0.2) is 17.6 Å². The third-order valence-corrected chi connectivity index (χ3v) is 3.33. The predicted molar refractivity (Wildman–Crippen MR) is 69.7 cm³/mol. The number of thiazole rings is 1. The Hall–Kier alpha value is -1.53. The smallest absolute Gasteiger partial charge is 0.169 e. The molecule has 0 radical (unpaired) electrons. The van der Waals surface area contributed by atoms with Crippen molar-refractivity contribution >= 4 is 40.0 Å². The van der Waals surface area contributed by atoms with E-state index in [0.29, 0.717) is 6.54 Å². The Bertz CT molecular complexity index is 530. The van der Waals surface area contributed by atoms with E-state index >= 15 is 0 Å². The topological polar surface area (TPSA) is 77.0 Å². The van der Waals surface area contributed by atoms with E-state index in [-0.39, 0.29) is 22.1 Å². The van der Waals surface area contributed by atoms with Gasteiger partial charge in [0.05, 0.1) is 23.6 Å². The molecule has 0 aliphatic carbocycles. The number of nitrogens with zero attached hydrogens (tertiary/aromatic N) is 1. The van der Waals surface area contributed by atoms with Crippen LogP contribution in [0.4, 0.5) is 21.5 Å². The van der Waals surface area contributed by atoms with E-state index in [1.807, 2.05) is 5.38 Å². The molecule has 0 aliphatic rings. The van der Waals surface area contributed by atoms with Gasteiger partial charge in [0.15, 0.2) is 5.82 Å². The normalized spacial score (nSPS) is 10.5. The zero-order valence-corrected chi connectivity index (χ0v) is 10.3. The van der Waals surface area contributed by atoms with Gasteiger partial charge in [-0.1, -0.05) is 11.6 Å². The van der Waals surface area contributed by atoms with E-state index in [1.165, 1.54) is 17.4 Å². The van der Waals surface area contributed by atoms with Gasteiger partial charge >= 0.3 is 0 Å². The lowest BCUT2D eigenvalue weighted by Gasteiger charge is -2.11. The van der Waals surface area contributed by atoms with Crippen LogP contribution in [0, 0.1) is 5.82 Å². The molecule has 0 aliphatic heterocycles. The van der Waals surface area contributed by atoms with Gasteiger partial charge in [0, 0.05) is 11.6 Å². The highest BCUT2D eigenvalue weighted by Gasteiger charge is 2.14. The van der Waals surface area contributed by atoms with Crippen LogP contribution in [0.2, 0.25) is 5.02 Å². The molecule has 0 amide bonds. The molecule has 5 N–H and O–H groups in total. The number of rotatable bonds is 3. The maximum atomic E-state index is 13.8. The molecule has 1 aromatic heterocycles. The minimum atomic E-state index is -0.638. The Morgan fingerprint density at radius 2 is 2.18 bits per heavy atom. The van der Waals surface area contributed by atoms with Gasteiger partial charge in [-0.2, -0.15) is 0 Å². The van der Waals surface area contributed by atoms with Crippen molar-refractivity contribution in [1.29, 1.82) is 0 Å². The molecular weight excluding hydrogens is 263 g/mol. The summed E-state index contributed by atoms with van der Waals surface area (Å²) in [5, 5.41) is 5.41. The van der Waals surface area contributed by atoms with Gasteiger partial charge in [0.1, 0.15) is 10.0 Å². The molecule has 2 rings (SSSR count). The summed E-state index contributed by atoms with van der Waals surface area (Å²) in [6.07, 6.45) is 1.68. The number of halogens is 2. The average Bonchev–Trinajstić information content (AvgIpc) is 2.79. The lowest BCUT2D eigenvalue weighted by atomic mass is 10.2. The van der Waals surface area contributed by atoms with Crippen LogP contribution >= 0.6 is 22.9 Å². The standard InChI is InChI=1S/C10H10ClFN4S/c11-8-5(13)3-6(14)10(9(8)12)16-4-7-15-1-2-17-7/h1-3,16H,4,13-14H2. The molecule has 1 aromatic carbocycles. The Morgan fingerprint density at radius 1 is 1.41 bits per heavy atom. The van der Waals surface area contributed by atoms with Crippen molar-refractivity contribution in [1.82, 2.24) is 4.98 Å². The first kappa shape index (κ1) is 11.9. The molecule has 0 unspecified atom stereocenters. The lowest BCUT2D eigenvalue weighted by molar-refractivity contribution is 0.632. The van der Waals surface area contributed by atoms with Crippen molar-refractivity contribution in [3.63, 3.8) is 0 Å². The quantitative estimate of drug-likeness (QED) is 0.751. The van der Waals surface area contributed by atoms with Gasteiger partial charge in [-0.15, -0.1) is 11.3 Å². The van der Waals surface area contributed by atoms with Crippen LogP contribution in [-0.2, 0) is 6.54 Å². The van der Waals surface area contributed by atoms with Crippen molar-refractivity contribution in [3.05, 3.63) is 33.5 Å². The number of nitrogen functional groups attached to an aromatic ring is 2. The Morgan fingerprint density at radius 3 is 2.82 bits per heavy atom. The van der Waals surface area contributed by atoms with Crippen LogP contribution in [0.5, 0.6) is 0 Å². The first-order chi connectivity index (χ1) is 8.09. The van der Waals surface area contributed by atoms with E-state index in [2.05, 4.69) is 10.3 Å². The molecule has 90 valence electrons. The molecule has 17 heavy (non-hydrogen) atoms. The third kappa shape index (κ3) is 2.42. The molecule has 0 bridgehead atoms. The highest BCUT2D eigenvalue weighted by Crippen LogP contribution is 2.33. The molecule has 7 heteroatoms. The maximum Gasteiger partial charge on any atom is 0.169 e. The van der Waals surface area contributed by atoms with Crippen LogP contribution in [0.25, 0.3) is 0 Å². The minimum Gasteiger partial charge on any atom is -0.397 e. The first-order valence-electron chi connectivity index (χ1n) is 4.74. The van der Waals surface area contributed by atoms with Crippen molar-refractivity contribution < 1.29 is 4.39 Å². The van der Waals surface area contributed by atoms with E-state index < -0.39 is 5.82 Å². The summed E-state index contributed by atoms with van der Waals surface area (Å²) >= 11 is 7.17. The lowest BCUT2D eigenvalue weighted by Crippen LogP contribution is -2.06. The molecule has 4 nitrogen and oxygen atoms in total. The number of hydrogen-bond donors (Lipinski definition) is 3. The van der Waals surface area contributed by atoms with Gasteiger partial charge in [0.2, 0.25) is 0 Å². The van der Waals surface area contributed by atoms with Crippen molar-refractivity contribution in [3.8, 4) is 0 Å². The summed E-state index contributed by atoms with van der Waals surface area (Å²) in [4.78, 5) is 4.07. The Kier molecular flexibility index (Phi) is 3.35. The van der Waals surface area contributed by atoms with Crippen LogP contribution in [0.3, 0.4) is 0 Å². The summed E-state index contributed by atoms with van der Waals surface area (Å²) in [5.41, 5.74) is 11.7. The number of aromatic nitrogens is 1. The number of nitrogens with one attached hydrogen (secondary N) is 1. The molecule has 0 atom stereocenters. The largest absolute Gasteiger partial charge is 0.397 e. The predicted octanol–water partition coefficient (Wildman–Crippen LogP) is 2.71. The second kappa shape index (κ2) is 4.77. The number of benzene rings is 1. The summed E-state index contributed by atoms with van der Waals surface area (Å²) in [6, 6.07) is 1.43. The molecule has 0 saturated heterocycles. The van der Waals surface area contributed by atoms with E-state index in [4.69, 9.17) is 23.1 Å². The van der Waals surface area contributed by atoms with E-state index in [9.17, 15) is 4.39 Å². The summed E-state index contributed by atoms with van der Waals surface area (Å²) in [5.74, 6) is -0.638. The summed E-state index contributed by atoms with van der Waals surface area (Å²) in [7, 11) is 0. The number of hydrogen-bond acceptors (Lipinski definition) is 5. The van der Waals surface area contributed by atoms with Crippen molar-refractivity contribution in [2.24, 2.45) is 0 Å². The monoisotopic (exact) mass is 272 g/mol. The summed E-state index contributed by atoms with van der Waals surface area (Å²) < 4.78 is 13.8. The Balaban J connectivity index is 2.24. The van der Waals surface area contributed by atoms with Crippen LogP contribution in [0.1, 0.15) is 5.01 Å². The van der Waals surface area contributed by atoms with E-state index in [1.54, 1.807) is 6.20 Å². The van der Waals surface area contributed by atoms with Gasteiger partial charge in [0.25, 0.3) is 0 Å². The van der Waals surface area contributed by atoms with E-state index in [0.717, 1.165) is 5.01 Å². The van der Waals surface area contributed by atoms with Gasteiger partial charge in [-0.05, 0) is 6.07 Å². The number of nitrogens with two attached hydrogens (primary N) is 2.